The molecule has 9 heteroatoms. The van der Waals surface area contributed by atoms with Gasteiger partial charge in [-0.15, -0.1) is 11.7 Å². The van der Waals surface area contributed by atoms with Crippen LogP contribution in [0.2, 0.25) is 0 Å². The molecule has 1 saturated heterocycles. The second-order valence-electron chi connectivity index (χ2n) is 9.86. The number of aromatic hydroxyl groups is 1. The van der Waals surface area contributed by atoms with Crippen molar-refractivity contribution >= 4 is 11.7 Å². The third-order valence-corrected chi connectivity index (χ3v) is 6.97. The number of rotatable bonds is 11. The molecule has 4 rings (SSSR count). The number of aliphatic carboxylic acids is 1. The number of nitrogens with zero attached hydrogens (tertiary/aromatic N) is 6. The highest BCUT2D eigenvalue weighted by Gasteiger charge is 2.29. The minimum atomic E-state index is -0.796. The van der Waals surface area contributed by atoms with Crippen LogP contribution in [0.3, 0.4) is 0 Å². The summed E-state index contributed by atoms with van der Waals surface area (Å²) in [6, 6.07) is 14.5. The van der Waals surface area contributed by atoms with Gasteiger partial charge in [-0.2, -0.15) is 0 Å². The van der Waals surface area contributed by atoms with E-state index in [0.29, 0.717) is 43.7 Å². The normalized spacial score (nSPS) is 18.2. The minimum Gasteiger partial charge on any atom is -0.508 e. The van der Waals surface area contributed by atoms with Gasteiger partial charge in [-0.1, -0.05) is 30.3 Å². The fraction of sp³-hybridized carbons (Fsp3) is 0.429. The van der Waals surface area contributed by atoms with Crippen molar-refractivity contribution in [3.8, 4) is 17.1 Å². The molecule has 37 heavy (non-hydrogen) atoms. The summed E-state index contributed by atoms with van der Waals surface area (Å²) in [5.41, 5.74) is 4.01. The maximum Gasteiger partial charge on any atom is 0.303 e. The van der Waals surface area contributed by atoms with Gasteiger partial charge in [0.1, 0.15) is 5.75 Å². The van der Waals surface area contributed by atoms with E-state index in [1.807, 2.05) is 36.4 Å². The molecule has 0 unspecified atom stereocenters. The lowest BCUT2D eigenvalue weighted by atomic mass is 9.98. The summed E-state index contributed by atoms with van der Waals surface area (Å²) in [5.74, 6) is 0.115. The maximum absolute atomic E-state index is 10.8. The fourth-order valence-electron chi connectivity index (χ4n) is 5.10. The Hall–Kier alpha value is -3.72. The van der Waals surface area contributed by atoms with Crippen molar-refractivity contribution in [2.45, 2.75) is 58.2 Å². The maximum atomic E-state index is 10.8. The van der Waals surface area contributed by atoms with Crippen LogP contribution in [0, 0.1) is 0 Å². The monoisotopic (exact) mass is 504 g/mol. The van der Waals surface area contributed by atoms with Gasteiger partial charge in [0.25, 0.3) is 0 Å². The van der Waals surface area contributed by atoms with Crippen molar-refractivity contribution in [3.63, 3.8) is 0 Å². The predicted octanol–water partition coefficient (Wildman–Crippen LogP) is 3.98. The van der Waals surface area contributed by atoms with Crippen molar-refractivity contribution in [2.24, 2.45) is 0 Å². The number of carbonyl (C=O) groups is 1. The summed E-state index contributed by atoms with van der Waals surface area (Å²) in [6.07, 6.45) is 3.95. The van der Waals surface area contributed by atoms with Gasteiger partial charge in [-0.3, -0.25) is 9.69 Å². The number of hydrogen-bond donors (Lipinski definition) is 2. The van der Waals surface area contributed by atoms with Gasteiger partial charge >= 0.3 is 5.97 Å². The van der Waals surface area contributed by atoms with E-state index in [2.05, 4.69) is 57.9 Å². The highest BCUT2D eigenvalue weighted by molar-refractivity contribution is 5.66. The average molecular weight is 505 g/mol. The number of anilines is 1. The molecule has 0 saturated carbocycles. The largest absolute Gasteiger partial charge is 0.508 e. The van der Waals surface area contributed by atoms with E-state index in [0.717, 1.165) is 42.0 Å². The quantitative estimate of drug-likeness (QED) is 0.298. The number of piperazine rings is 1. The van der Waals surface area contributed by atoms with Crippen LogP contribution in [0.5, 0.6) is 5.75 Å². The van der Waals surface area contributed by atoms with E-state index in [-0.39, 0.29) is 12.2 Å². The molecule has 2 N–H and O–H groups in total. The SMILES string of the molecule is C=CCN1C[C@H](C)N(c2cc(O)cc(Cc3ccccc3-c3nnnn3CCCCC(=O)O)c2)C[C@H]1C. The van der Waals surface area contributed by atoms with E-state index < -0.39 is 5.97 Å². The second-order valence-corrected chi connectivity index (χ2v) is 9.86. The molecule has 1 aromatic heterocycles. The molecule has 1 aliphatic rings. The van der Waals surface area contributed by atoms with E-state index >= 15 is 0 Å². The van der Waals surface area contributed by atoms with Gasteiger partial charge in [-0.05, 0) is 66.8 Å². The Bertz CT molecular complexity index is 1230. The Morgan fingerprint density at radius 3 is 2.73 bits per heavy atom. The summed E-state index contributed by atoms with van der Waals surface area (Å²) >= 11 is 0. The zero-order valence-electron chi connectivity index (χ0n) is 21.6. The lowest BCUT2D eigenvalue weighted by Gasteiger charge is -2.45. The standard InChI is InChI=1S/C28H36N6O3/c1-4-12-32-18-21(3)33(19-20(32)2)24-15-22(16-25(35)17-24)14-23-9-5-6-10-26(23)28-29-30-31-34(28)13-8-7-11-27(36)37/h4-6,9-10,15-17,20-21,35H,1,7-8,11-14,18-19H2,2-3H3,(H,36,37)/t20-,21+/m1/s1. The number of phenolic OH excluding ortho intramolecular Hbond substituents is 1. The number of carboxylic acids is 1. The summed E-state index contributed by atoms with van der Waals surface area (Å²) in [5, 5.41) is 31.8. The first-order valence-electron chi connectivity index (χ1n) is 12.9. The lowest BCUT2D eigenvalue weighted by Crippen LogP contribution is -2.56. The van der Waals surface area contributed by atoms with Crippen LogP contribution in [0.25, 0.3) is 11.4 Å². The third-order valence-electron chi connectivity index (χ3n) is 6.97. The predicted molar refractivity (Wildman–Crippen MR) is 144 cm³/mol. The number of hydrogen-bond acceptors (Lipinski definition) is 7. The summed E-state index contributed by atoms with van der Waals surface area (Å²) in [4.78, 5) is 15.6. The molecule has 196 valence electrons. The van der Waals surface area contributed by atoms with Crippen molar-refractivity contribution in [2.75, 3.05) is 24.5 Å². The van der Waals surface area contributed by atoms with Crippen LogP contribution in [0.4, 0.5) is 5.69 Å². The molecular formula is C28H36N6O3. The van der Waals surface area contributed by atoms with Crippen LogP contribution in [0.15, 0.2) is 55.1 Å². The van der Waals surface area contributed by atoms with Gasteiger partial charge in [0.05, 0.1) is 0 Å². The van der Waals surface area contributed by atoms with E-state index in [9.17, 15) is 9.90 Å². The summed E-state index contributed by atoms with van der Waals surface area (Å²) in [7, 11) is 0. The molecule has 0 spiro atoms. The summed E-state index contributed by atoms with van der Waals surface area (Å²) in [6.45, 7) is 11.6. The van der Waals surface area contributed by atoms with E-state index in [1.54, 1.807) is 4.68 Å². The van der Waals surface area contributed by atoms with Crippen molar-refractivity contribution < 1.29 is 15.0 Å². The average Bonchev–Trinajstić information content (AvgIpc) is 3.32. The van der Waals surface area contributed by atoms with Gasteiger partial charge in [0, 0.05) is 62.0 Å². The zero-order valence-corrected chi connectivity index (χ0v) is 21.6. The number of tetrazole rings is 1. The smallest absolute Gasteiger partial charge is 0.303 e. The number of phenols is 1. The molecule has 1 fully saturated rings. The number of benzene rings is 2. The number of carboxylic acid groups (broad SMARTS) is 1. The topological polar surface area (TPSA) is 108 Å². The van der Waals surface area contributed by atoms with Crippen LogP contribution < -0.4 is 4.90 Å². The van der Waals surface area contributed by atoms with Crippen LogP contribution in [-0.2, 0) is 17.8 Å². The van der Waals surface area contributed by atoms with E-state index in [1.165, 1.54) is 0 Å². The van der Waals surface area contributed by atoms with Crippen LogP contribution in [0.1, 0.15) is 44.2 Å². The zero-order chi connectivity index (χ0) is 26.4. The first-order chi connectivity index (χ1) is 17.9. The van der Waals surface area contributed by atoms with Gasteiger partial charge in [0.2, 0.25) is 0 Å². The first kappa shape index (κ1) is 26.3. The number of aryl methyl sites for hydroxylation is 1. The molecule has 0 aliphatic carbocycles. The lowest BCUT2D eigenvalue weighted by molar-refractivity contribution is -0.137. The molecule has 2 aromatic carbocycles. The third kappa shape index (κ3) is 6.54. The molecule has 9 nitrogen and oxygen atoms in total. The van der Waals surface area contributed by atoms with Crippen LogP contribution in [-0.4, -0.2) is 73.0 Å². The Balaban J connectivity index is 1.55. The van der Waals surface area contributed by atoms with Gasteiger partial charge < -0.3 is 15.1 Å². The van der Waals surface area contributed by atoms with E-state index in [4.69, 9.17) is 5.11 Å². The number of unbranched alkanes of at least 4 members (excludes halogenated alkanes) is 1. The van der Waals surface area contributed by atoms with Crippen LogP contribution >= 0.6 is 0 Å². The highest BCUT2D eigenvalue weighted by Crippen LogP contribution is 2.31. The van der Waals surface area contributed by atoms with Gasteiger partial charge in [0.15, 0.2) is 5.82 Å². The summed E-state index contributed by atoms with van der Waals surface area (Å²) < 4.78 is 1.74. The molecule has 2 heterocycles. The second kappa shape index (κ2) is 12.0. The molecule has 0 radical (unpaired) electrons. The molecule has 2 atom stereocenters. The van der Waals surface area contributed by atoms with Crippen molar-refractivity contribution in [1.82, 2.24) is 25.1 Å². The van der Waals surface area contributed by atoms with Gasteiger partial charge in [-0.25, -0.2) is 4.68 Å². The highest BCUT2D eigenvalue weighted by atomic mass is 16.4. The Morgan fingerprint density at radius 1 is 1.14 bits per heavy atom. The number of aromatic nitrogens is 4. The minimum absolute atomic E-state index is 0.134. The molecular weight excluding hydrogens is 468 g/mol. The molecule has 0 amide bonds. The van der Waals surface area contributed by atoms with Crippen molar-refractivity contribution in [3.05, 3.63) is 66.2 Å². The fourth-order valence-corrected chi connectivity index (χ4v) is 5.10. The molecule has 0 bridgehead atoms. The molecule has 1 aliphatic heterocycles. The molecule has 3 aromatic rings. The van der Waals surface area contributed by atoms with Crippen molar-refractivity contribution in [1.29, 1.82) is 0 Å². The Morgan fingerprint density at radius 2 is 1.95 bits per heavy atom. The Labute approximate surface area is 218 Å². The Kier molecular flexibility index (Phi) is 8.55. The first-order valence-corrected chi connectivity index (χ1v) is 12.9.